The highest BCUT2D eigenvalue weighted by molar-refractivity contribution is 7.89. The molecule has 0 aliphatic heterocycles. The molecule has 2 rings (SSSR count). The summed E-state index contributed by atoms with van der Waals surface area (Å²) < 4.78 is 32.2. The summed E-state index contributed by atoms with van der Waals surface area (Å²) in [5, 5.41) is 13.4. The van der Waals surface area contributed by atoms with Crippen molar-refractivity contribution in [2.24, 2.45) is 0 Å². The fraction of sp³-hybridized carbons (Fsp3) is 0.316. The van der Waals surface area contributed by atoms with Crippen LogP contribution < -0.4 is 10.1 Å². The van der Waals surface area contributed by atoms with E-state index in [0.717, 1.165) is 0 Å². The quantitative estimate of drug-likeness (QED) is 0.491. The molecule has 156 valence electrons. The van der Waals surface area contributed by atoms with E-state index >= 15 is 0 Å². The highest BCUT2D eigenvalue weighted by Crippen LogP contribution is 2.24. The molecular formula is C19H23N3O6S. The minimum absolute atomic E-state index is 0.124. The highest BCUT2D eigenvalue weighted by Gasteiger charge is 2.24. The number of nitrogens with zero attached hydrogens (tertiary/aromatic N) is 2. The summed E-state index contributed by atoms with van der Waals surface area (Å²) >= 11 is 0. The lowest BCUT2D eigenvalue weighted by Crippen LogP contribution is -2.31. The van der Waals surface area contributed by atoms with E-state index in [1.54, 1.807) is 32.9 Å². The normalized spacial score (nSPS) is 11.3. The number of nitrogens with one attached hydrogen (secondary N) is 1. The Bertz CT molecular complexity index is 1000. The Morgan fingerprint density at radius 1 is 1.17 bits per heavy atom. The molecule has 1 amide bonds. The molecule has 2 aromatic carbocycles. The van der Waals surface area contributed by atoms with Crippen molar-refractivity contribution in [3.63, 3.8) is 0 Å². The van der Waals surface area contributed by atoms with E-state index in [1.807, 2.05) is 0 Å². The number of anilines is 1. The summed E-state index contributed by atoms with van der Waals surface area (Å²) in [4.78, 5) is 22.5. The van der Waals surface area contributed by atoms with Gasteiger partial charge in [0.15, 0.2) is 6.61 Å². The first kappa shape index (κ1) is 22.3. The molecule has 10 heteroatoms. The van der Waals surface area contributed by atoms with Gasteiger partial charge in [0.1, 0.15) is 5.75 Å². The predicted octanol–water partition coefficient (Wildman–Crippen LogP) is 2.95. The monoisotopic (exact) mass is 421 g/mol. The van der Waals surface area contributed by atoms with Crippen LogP contribution in [-0.4, -0.2) is 43.2 Å². The number of carbonyl (C=O) groups excluding carboxylic acids is 1. The number of ether oxygens (including phenoxy) is 1. The van der Waals surface area contributed by atoms with Crippen molar-refractivity contribution in [2.75, 3.05) is 25.0 Å². The third kappa shape index (κ3) is 5.52. The summed E-state index contributed by atoms with van der Waals surface area (Å²) in [6.45, 7) is 5.50. The van der Waals surface area contributed by atoms with Gasteiger partial charge >= 0.3 is 0 Å². The van der Waals surface area contributed by atoms with Gasteiger partial charge in [-0.1, -0.05) is 26.0 Å². The van der Waals surface area contributed by atoms with Gasteiger partial charge in [0.25, 0.3) is 11.6 Å². The first-order chi connectivity index (χ1) is 13.7. The number of hydrogen-bond acceptors (Lipinski definition) is 6. The Hall–Kier alpha value is -2.98. The number of amides is 1. The fourth-order valence-corrected chi connectivity index (χ4v) is 4.40. The van der Waals surface area contributed by atoms with Crippen LogP contribution in [0.3, 0.4) is 0 Å². The second-order valence-electron chi connectivity index (χ2n) is 6.16. The molecular weight excluding hydrogens is 398 g/mol. The maximum absolute atomic E-state index is 12.8. The van der Waals surface area contributed by atoms with Gasteiger partial charge in [-0.25, -0.2) is 8.42 Å². The van der Waals surface area contributed by atoms with Crippen LogP contribution in [0.4, 0.5) is 11.4 Å². The second-order valence-corrected chi connectivity index (χ2v) is 8.07. The van der Waals surface area contributed by atoms with E-state index < -0.39 is 20.9 Å². The lowest BCUT2D eigenvalue weighted by atomic mass is 10.2. The summed E-state index contributed by atoms with van der Waals surface area (Å²) in [6, 6.07) is 10.1. The average molecular weight is 421 g/mol. The van der Waals surface area contributed by atoms with Gasteiger partial charge in [-0.15, -0.1) is 0 Å². The molecule has 2 aromatic rings. The molecule has 0 spiro atoms. The Kier molecular flexibility index (Phi) is 7.29. The summed E-state index contributed by atoms with van der Waals surface area (Å²) in [5.74, 6) is -0.338. The minimum atomic E-state index is -3.67. The maximum atomic E-state index is 12.8. The van der Waals surface area contributed by atoms with E-state index in [-0.39, 0.29) is 22.9 Å². The van der Waals surface area contributed by atoms with Crippen LogP contribution in [0.5, 0.6) is 5.75 Å². The van der Waals surface area contributed by atoms with E-state index in [0.29, 0.717) is 24.3 Å². The molecule has 0 heterocycles. The van der Waals surface area contributed by atoms with E-state index in [9.17, 15) is 23.3 Å². The first-order valence-corrected chi connectivity index (χ1v) is 10.4. The van der Waals surface area contributed by atoms with Gasteiger partial charge in [-0.05, 0) is 30.7 Å². The van der Waals surface area contributed by atoms with E-state index in [1.165, 1.54) is 34.6 Å². The lowest BCUT2D eigenvalue weighted by molar-refractivity contribution is -0.384. The molecule has 0 unspecified atom stereocenters. The van der Waals surface area contributed by atoms with Crippen molar-refractivity contribution in [3.8, 4) is 5.75 Å². The van der Waals surface area contributed by atoms with Crippen molar-refractivity contribution in [2.45, 2.75) is 25.7 Å². The van der Waals surface area contributed by atoms with E-state index in [4.69, 9.17) is 4.74 Å². The Morgan fingerprint density at radius 2 is 1.86 bits per heavy atom. The van der Waals surface area contributed by atoms with Crippen molar-refractivity contribution < 1.29 is 22.9 Å². The van der Waals surface area contributed by atoms with Crippen LogP contribution in [0.15, 0.2) is 47.4 Å². The number of nitro benzene ring substituents is 1. The molecule has 0 bridgehead atoms. The van der Waals surface area contributed by atoms with Crippen molar-refractivity contribution >= 4 is 27.3 Å². The third-order valence-electron chi connectivity index (χ3n) is 4.19. The van der Waals surface area contributed by atoms with Crippen LogP contribution in [0.25, 0.3) is 0 Å². The molecule has 0 radical (unpaired) electrons. The molecule has 9 nitrogen and oxygen atoms in total. The van der Waals surface area contributed by atoms with Gasteiger partial charge in [0.2, 0.25) is 10.0 Å². The number of rotatable bonds is 9. The van der Waals surface area contributed by atoms with Crippen LogP contribution in [-0.2, 0) is 14.8 Å². The molecule has 29 heavy (non-hydrogen) atoms. The number of hydrogen-bond donors (Lipinski definition) is 1. The molecule has 1 N–H and O–H groups in total. The highest BCUT2D eigenvalue weighted by atomic mass is 32.2. The summed E-state index contributed by atoms with van der Waals surface area (Å²) in [6.07, 6.45) is 0. The van der Waals surface area contributed by atoms with Crippen molar-refractivity contribution in [1.82, 2.24) is 4.31 Å². The predicted molar refractivity (Wildman–Crippen MR) is 109 cm³/mol. The molecule has 0 aliphatic rings. The standard InChI is InChI=1S/C19H23N3O6S/c1-4-21(5-2)29(26,27)18-11-15(10-9-14(18)3)20-19(23)13-28-17-8-6-7-16(12-17)22(24)25/h6-12H,4-5,13H2,1-3H3,(H,20,23). The fourth-order valence-electron chi connectivity index (χ4n) is 2.69. The van der Waals surface area contributed by atoms with Crippen molar-refractivity contribution in [1.29, 1.82) is 0 Å². The van der Waals surface area contributed by atoms with Gasteiger partial charge in [0, 0.05) is 24.8 Å². The lowest BCUT2D eigenvalue weighted by Gasteiger charge is -2.20. The molecule has 0 saturated carbocycles. The van der Waals surface area contributed by atoms with Gasteiger partial charge in [0.05, 0.1) is 15.9 Å². The smallest absolute Gasteiger partial charge is 0.273 e. The minimum Gasteiger partial charge on any atom is -0.484 e. The number of non-ortho nitro benzene ring substituents is 1. The summed E-state index contributed by atoms with van der Waals surface area (Å²) in [5.41, 5.74) is 0.740. The zero-order valence-electron chi connectivity index (χ0n) is 16.4. The Labute approximate surface area is 169 Å². The van der Waals surface area contributed by atoms with Crippen LogP contribution in [0.2, 0.25) is 0 Å². The number of aryl methyl sites for hydroxylation is 1. The SMILES string of the molecule is CCN(CC)S(=O)(=O)c1cc(NC(=O)COc2cccc([N+](=O)[O-])c2)ccc1C. The van der Waals surface area contributed by atoms with E-state index in [2.05, 4.69) is 5.32 Å². The average Bonchev–Trinajstić information content (AvgIpc) is 2.68. The maximum Gasteiger partial charge on any atom is 0.273 e. The number of nitro groups is 1. The number of carbonyl (C=O) groups is 1. The van der Waals surface area contributed by atoms with Crippen LogP contribution >= 0.6 is 0 Å². The zero-order chi connectivity index (χ0) is 21.6. The Morgan fingerprint density at radius 3 is 2.48 bits per heavy atom. The zero-order valence-corrected chi connectivity index (χ0v) is 17.2. The second kappa shape index (κ2) is 9.48. The van der Waals surface area contributed by atoms with Crippen LogP contribution in [0, 0.1) is 17.0 Å². The number of sulfonamides is 1. The number of benzene rings is 2. The molecule has 0 atom stereocenters. The molecule has 0 fully saturated rings. The largest absolute Gasteiger partial charge is 0.484 e. The van der Waals surface area contributed by atoms with Crippen LogP contribution in [0.1, 0.15) is 19.4 Å². The van der Waals surface area contributed by atoms with Gasteiger partial charge in [-0.2, -0.15) is 4.31 Å². The topological polar surface area (TPSA) is 119 Å². The van der Waals surface area contributed by atoms with Gasteiger partial charge in [-0.3, -0.25) is 14.9 Å². The molecule has 0 saturated heterocycles. The first-order valence-electron chi connectivity index (χ1n) is 8.97. The Balaban J connectivity index is 2.11. The van der Waals surface area contributed by atoms with Gasteiger partial charge < -0.3 is 10.1 Å². The van der Waals surface area contributed by atoms with Crippen molar-refractivity contribution in [3.05, 3.63) is 58.1 Å². The third-order valence-corrected chi connectivity index (χ3v) is 6.39. The molecule has 0 aromatic heterocycles. The summed E-state index contributed by atoms with van der Waals surface area (Å²) in [7, 11) is -3.67. The molecule has 0 aliphatic carbocycles.